The number of pyridine rings is 1. The van der Waals surface area contributed by atoms with Crippen LogP contribution in [-0.4, -0.2) is 36.0 Å². The number of rotatable bonds is 3. The first-order chi connectivity index (χ1) is 8.80. The lowest BCUT2D eigenvalue weighted by Gasteiger charge is -2.24. The topological polar surface area (TPSA) is 42.4 Å². The van der Waals surface area contributed by atoms with Gasteiger partial charge in [0.1, 0.15) is 11.3 Å². The molecule has 0 atom stereocenters. The van der Waals surface area contributed by atoms with Crippen LogP contribution in [0.4, 0.5) is 0 Å². The lowest BCUT2D eigenvalue weighted by molar-refractivity contribution is 0.0819. The molecular weight excluding hydrogens is 240 g/mol. The quantitative estimate of drug-likeness (QED) is 0.841. The monoisotopic (exact) mass is 262 g/mol. The average Bonchev–Trinajstić information content (AvgIpc) is 3.10. The molecule has 0 saturated heterocycles. The minimum Gasteiger partial charge on any atom is -0.489 e. The predicted molar refractivity (Wildman–Crippen MR) is 74.6 cm³/mol. The molecule has 0 bridgehead atoms. The van der Waals surface area contributed by atoms with Crippen LogP contribution in [-0.2, 0) is 5.41 Å². The van der Waals surface area contributed by atoms with E-state index in [0.29, 0.717) is 11.3 Å². The van der Waals surface area contributed by atoms with Crippen molar-refractivity contribution < 1.29 is 9.53 Å². The Kier molecular flexibility index (Phi) is 3.52. The van der Waals surface area contributed by atoms with Gasteiger partial charge in [-0.1, -0.05) is 20.8 Å². The summed E-state index contributed by atoms with van der Waals surface area (Å²) in [5.41, 5.74) is 1.21. The van der Waals surface area contributed by atoms with Crippen molar-refractivity contribution in [1.82, 2.24) is 9.88 Å². The smallest absolute Gasteiger partial charge is 0.258 e. The minimum atomic E-state index is -0.191. The van der Waals surface area contributed by atoms with Crippen molar-refractivity contribution in [2.75, 3.05) is 14.1 Å². The van der Waals surface area contributed by atoms with Crippen molar-refractivity contribution in [1.29, 1.82) is 0 Å². The van der Waals surface area contributed by atoms with E-state index in [2.05, 4.69) is 25.8 Å². The predicted octanol–water partition coefficient (Wildman–Crippen LogP) is 2.62. The summed E-state index contributed by atoms with van der Waals surface area (Å²) in [5, 5.41) is 0. The SMILES string of the molecule is CN(C)C(=O)c1c(OC2CC2)ccnc1C(C)(C)C. The van der Waals surface area contributed by atoms with E-state index in [4.69, 9.17) is 4.74 Å². The molecule has 19 heavy (non-hydrogen) atoms. The number of hydrogen-bond acceptors (Lipinski definition) is 3. The highest BCUT2D eigenvalue weighted by molar-refractivity contribution is 5.98. The minimum absolute atomic E-state index is 0.0475. The van der Waals surface area contributed by atoms with E-state index in [1.807, 2.05) is 0 Å². The molecule has 1 saturated carbocycles. The fourth-order valence-electron chi connectivity index (χ4n) is 1.91. The van der Waals surface area contributed by atoms with Gasteiger partial charge in [0.05, 0.1) is 11.8 Å². The number of hydrogen-bond donors (Lipinski definition) is 0. The van der Waals surface area contributed by atoms with E-state index in [1.54, 1.807) is 31.3 Å². The van der Waals surface area contributed by atoms with E-state index < -0.39 is 0 Å². The fraction of sp³-hybridized carbons (Fsp3) is 0.600. The largest absolute Gasteiger partial charge is 0.489 e. The van der Waals surface area contributed by atoms with E-state index in [9.17, 15) is 4.79 Å². The average molecular weight is 262 g/mol. The van der Waals surface area contributed by atoms with Crippen LogP contribution in [0.1, 0.15) is 49.7 Å². The molecule has 0 unspecified atom stereocenters. The van der Waals surface area contributed by atoms with Crippen LogP contribution in [0.25, 0.3) is 0 Å². The van der Waals surface area contributed by atoms with Crippen LogP contribution in [0.3, 0.4) is 0 Å². The van der Waals surface area contributed by atoms with Crippen LogP contribution in [0.5, 0.6) is 5.75 Å². The molecule has 4 nitrogen and oxygen atoms in total. The standard InChI is InChI=1S/C15H22N2O2/c1-15(2,3)13-12(14(18)17(4)5)11(8-9-16-13)19-10-6-7-10/h8-10H,6-7H2,1-5H3. The number of carbonyl (C=O) groups excluding carboxylic acids is 1. The molecule has 0 N–H and O–H groups in total. The second kappa shape index (κ2) is 4.83. The van der Waals surface area contributed by atoms with Crippen LogP contribution in [0, 0.1) is 0 Å². The molecule has 1 heterocycles. The number of amides is 1. The summed E-state index contributed by atoms with van der Waals surface area (Å²) >= 11 is 0. The summed E-state index contributed by atoms with van der Waals surface area (Å²) in [4.78, 5) is 18.4. The molecule has 1 aliphatic carbocycles. The number of aromatic nitrogens is 1. The van der Waals surface area contributed by atoms with Gasteiger partial charge in [0, 0.05) is 25.7 Å². The zero-order chi connectivity index (χ0) is 14.2. The van der Waals surface area contributed by atoms with E-state index >= 15 is 0 Å². The molecule has 1 aliphatic rings. The first kappa shape index (κ1) is 13.8. The molecule has 4 heteroatoms. The van der Waals surface area contributed by atoms with Crippen molar-refractivity contribution in [2.45, 2.75) is 45.1 Å². The van der Waals surface area contributed by atoms with Crippen LogP contribution < -0.4 is 4.74 Å². The molecule has 0 aliphatic heterocycles. The first-order valence-electron chi connectivity index (χ1n) is 6.68. The normalized spacial score (nSPS) is 15.2. The number of carbonyl (C=O) groups is 1. The third kappa shape index (κ3) is 3.06. The highest BCUT2D eigenvalue weighted by atomic mass is 16.5. The van der Waals surface area contributed by atoms with Gasteiger partial charge < -0.3 is 9.64 Å². The molecule has 104 valence electrons. The maximum atomic E-state index is 12.4. The molecule has 1 aromatic rings. The van der Waals surface area contributed by atoms with E-state index in [-0.39, 0.29) is 17.4 Å². The van der Waals surface area contributed by atoms with Gasteiger partial charge in [-0.25, -0.2) is 0 Å². The number of ether oxygens (including phenoxy) is 1. The molecule has 1 fully saturated rings. The lowest BCUT2D eigenvalue weighted by atomic mass is 9.87. The van der Waals surface area contributed by atoms with Gasteiger partial charge in [0.25, 0.3) is 5.91 Å². The zero-order valence-corrected chi connectivity index (χ0v) is 12.4. The van der Waals surface area contributed by atoms with Crippen molar-refractivity contribution in [2.24, 2.45) is 0 Å². The Labute approximate surface area is 114 Å². The van der Waals surface area contributed by atoms with Gasteiger partial charge in [-0.3, -0.25) is 9.78 Å². The Hall–Kier alpha value is -1.58. The summed E-state index contributed by atoms with van der Waals surface area (Å²) in [6.45, 7) is 6.17. The summed E-state index contributed by atoms with van der Waals surface area (Å²) in [7, 11) is 3.51. The molecule has 0 aromatic carbocycles. The van der Waals surface area contributed by atoms with Crippen molar-refractivity contribution in [3.63, 3.8) is 0 Å². The summed E-state index contributed by atoms with van der Waals surface area (Å²) in [5.74, 6) is 0.620. The molecule has 2 rings (SSSR count). The molecule has 1 amide bonds. The Balaban J connectivity index is 2.50. The summed E-state index contributed by atoms with van der Waals surface area (Å²) in [6.07, 6.45) is 4.14. The Morgan fingerprint density at radius 1 is 1.37 bits per heavy atom. The third-order valence-corrected chi connectivity index (χ3v) is 3.06. The lowest BCUT2D eigenvalue weighted by Crippen LogP contribution is -2.28. The zero-order valence-electron chi connectivity index (χ0n) is 12.4. The third-order valence-electron chi connectivity index (χ3n) is 3.06. The summed E-state index contributed by atoms with van der Waals surface area (Å²) < 4.78 is 5.88. The maximum absolute atomic E-state index is 12.4. The Morgan fingerprint density at radius 2 is 2.00 bits per heavy atom. The van der Waals surface area contributed by atoms with Crippen LogP contribution >= 0.6 is 0 Å². The highest BCUT2D eigenvalue weighted by Crippen LogP contribution is 2.34. The Bertz CT molecular complexity index is 485. The van der Waals surface area contributed by atoms with Crippen molar-refractivity contribution in [3.8, 4) is 5.75 Å². The summed E-state index contributed by atoms with van der Waals surface area (Å²) in [6, 6.07) is 1.80. The van der Waals surface area contributed by atoms with E-state index in [0.717, 1.165) is 18.5 Å². The Morgan fingerprint density at radius 3 is 2.47 bits per heavy atom. The molecule has 1 aromatic heterocycles. The second-order valence-corrected chi connectivity index (χ2v) is 6.30. The maximum Gasteiger partial charge on any atom is 0.258 e. The van der Waals surface area contributed by atoms with Gasteiger partial charge in [-0.2, -0.15) is 0 Å². The van der Waals surface area contributed by atoms with Gasteiger partial charge in [0.2, 0.25) is 0 Å². The first-order valence-corrected chi connectivity index (χ1v) is 6.68. The van der Waals surface area contributed by atoms with Gasteiger partial charge in [-0.05, 0) is 18.9 Å². The number of nitrogens with zero attached hydrogens (tertiary/aromatic N) is 2. The van der Waals surface area contributed by atoms with Crippen molar-refractivity contribution >= 4 is 5.91 Å². The molecule has 0 spiro atoms. The van der Waals surface area contributed by atoms with Gasteiger partial charge in [0.15, 0.2) is 0 Å². The van der Waals surface area contributed by atoms with Crippen molar-refractivity contribution in [3.05, 3.63) is 23.5 Å². The molecular formula is C15H22N2O2. The van der Waals surface area contributed by atoms with Gasteiger partial charge in [-0.15, -0.1) is 0 Å². The second-order valence-electron chi connectivity index (χ2n) is 6.30. The molecule has 0 radical (unpaired) electrons. The van der Waals surface area contributed by atoms with Gasteiger partial charge >= 0.3 is 0 Å². The van der Waals surface area contributed by atoms with Crippen LogP contribution in [0.2, 0.25) is 0 Å². The highest BCUT2D eigenvalue weighted by Gasteiger charge is 2.31. The van der Waals surface area contributed by atoms with E-state index in [1.165, 1.54) is 0 Å². The fourth-order valence-corrected chi connectivity index (χ4v) is 1.91. The van der Waals surface area contributed by atoms with Crippen LogP contribution in [0.15, 0.2) is 12.3 Å².